The van der Waals surface area contributed by atoms with Gasteiger partial charge >= 0.3 is 0 Å². The number of benzene rings is 2. The summed E-state index contributed by atoms with van der Waals surface area (Å²) in [5, 5.41) is 6.12. The van der Waals surface area contributed by atoms with Gasteiger partial charge in [0.25, 0.3) is 0 Å². The second-order valence-electron chi connectivity index (χ2n) is 6.29. The van der Waals surface area contributed by atoms with Gasteiger partial charge in [0.1, 0.15) is 5.82 Å². The average molecular weight is 377 g/mol. The van der Waals surface area contributed by atoms with Gasteiger partial charge in [-0.15, -0.1) is 0 Å². The van der Waals surface area contributed by atoms with Gasteiger partial charge in [-0.3, -0.25) is 4.79 Å². The molecule has 2 aromatic carbocycles. The molecule has 144 valence electrons. The zero-order chi connectivity index (χ0) is 19.9. The fourth-order valence-electron chi connectivity index (χ4n) is 2.77. The first-order valence-corrected chi connectivity index (χ1v) is 8.88. The highest BCUT2D eigenvalue weighted by Gasteiger charge is 2.09. The molecule has 0 aliphatic heterocycles. The summed E-state index contributed by atoms with van der Waals surface area (Å²) in [5.41, 5.74) is 3.85. The summed E-state index contributed by atoms with van der Waals surface area (Å²) < 4.78 is 10.5. The number of aromatic nitrogens is 1. The number of ether oxygens (including phenoxy) is 2. The summed E-state index contributed by atoms with van der Waals surface area (Å²) in [6.07, 6.45) is 1.91. The first-order valence-electron chi connectivity index (χ1n) is 8.88. The number of para-hydroxylation sites is 1. The van der Waals surface area contributed by atoms with Gasteiger partial charge in [-0.05, 0) is 48.4 Å². The van der Waals surface area contributed by atoms with E-state index in [-0.39, 0.29) is 12.3 Å². The molecule has 0 radical (unpaired) electrons. The van der Waals surface area contributed by atoms with Gasteiger partial charge in [0.15, 0.2) is 11.5 Å². The van der Waals surface area contributed by atoms with E-state index in [4.69, 9.17) is 9.47 Å². The normalized spacial score (nSPS) is 10.2. The minimum absolute atomic E-state index is 0.153. The van der Waals surface area contributed by atoms with E-state index in [1.807, 2.05) is 43.3 Å². The third-order valence-electron chi connectivity index (χ3n) is 4.27. The number of anilines is 3. The number of hydrogen-bond acceptors (Lipinski definition) is 5. The quantitative estimate of drug-likeness (QED) is 0.641. The molecule has 0 bridgehead atoms. The van der Waals surface area contributed by atoms with Gasteiger partial charge in [-0.1, -0.05) is 24.3 Å². The first-order chi connectivity index (χ1) is 13.6. The van der Waals surface area contributed by atoms with Gasteiger partial charge in [-0.25, -0.2) is 4.98 Å². The van der Waals surface area contributed by atoms with E-state index < -0.39 is 0 Å². The van der Waals surface area contributed by atoms with E-state index in [0.717, 1.165) is 22.5 Å². The highest BCUT2D eigenvalue weighted by molar-refractivity contribution is 5.91. The molecular weight excluding hydrogens is 354 g/mol. The fourth-order valence-corrected chi connectivity index (χ4v) is 2.77. The molecule has 1 aromatic heterocycles. The van der Waals surface area contributed by atoms with Crippen LogP contribution in [0.4, 0.5) is 17.2 Å². The molecular formula is C22H23N3O3. The number of aryl methyl sites for hydroxylation is 1. The Hall–Kier alpha value is -3.54. The molecule has 3 rings (SSSR count). The van der Waals surface area contributed by atoms with Crippen molar-refractivity contribution in [1.29, 1.82) is 0 Å². The maximum Gasteiger partial charge on any atom is 0.229 e. The molecule has 28 heavy (non-hydrogen) atoms. The molecule has 0 spiro atoms. The van der Waals surface area contributed by atoms with Gasteiger partial charge in [-0.2, -0.15) is 0 Å². The van der Waals surface area contributed by atoms with E-state index in [1.165, 1.54) is 0 Å². The van der Waals surface area contributed by atoms with Crippen molar-refractivity contribution in [2.24, 2.45) is 0 Å². The zero-order valence-corrected chi connectivity index (χ0v) is 16.2. The van der Waals surface area contributed by atoms with E-state index >= 15 is 0 Å². The Balaban J connectivity index is 1.61. The monoisotopic (exact) mass is 377 g/mol. The Morgan fingerprint density at radius 1 is 1.00 bits per heavy atom. The number of methoxy groups -OCH3 is 2. The lowest BCUT2D eigenvalue weighted by Crippen LogP contribution is -2.15. The Morgan fingerprint density at radius 3 is 2.46 bits per heavy atom. The Kier molecular flexibility index (Phi) is 6.11. The third kappa shape index (κ3) is 4.79. The molecule has 3 aromatic rings. The van der Waals surface area contributed by atoms with Crippen LogP contribution in [-0.4, -0.2) is 25.1 Å². The fraction of sp³-hybridized carbons (Fsp3) is 0.182. The SMILES string of the molecule is COc1ccc(CC(=O)Nc2ccc(Nc3ccccc3C)cn2)cc1OC. The zero-order valence-electron chi connectivity index (χ0n) is 16.2. The number of nitrogens with zero attached hydrogens (tertiary/aromatic N) is 1. The number of carbonyl (C=O) groups excluding carboxylic acids is 1. The lowest BCUT2D eigenvalue weighted by molar-refractivity contribution is -0.115. The van der Waals surface area contributed by atoms with Crippen LogP contribution in [0.25, 0.3) is 0 Å². The number of pyridine rings is 1. The van der Waals surface area contributed by atoms with Crippen molar-refractivity contribution in [3.05, 3.63) is 71.9 Å². The Labute approximate surface area is 164 Å². The molecule has 0 aliphatic carbocycles. The maximum atomic E-state index is 12.3. The van der Waals surface area contributed by atoms with Crippen LogP contribution in [0.3, 0.4) is 0 Å². The van der Waals surface area contributed by atoms with Gasteiger partial charge < -0.3 is 20.1 Å². The van der Waals surface area contributed by atoms with Crippen LogP contribution in [0, 0.1) is 6.92 Å². The second kappa shape index (κ2) is 8.90. The average Bonchev–Trinajstić information content (AvgIpc) is 2.71. The van der Waals surface area contributed by atoms with Gasteiger partial charge in [0.05, 0.1) is 32.5 Å². The highest BCUT2D eigenvalue weighted by Crippen LogP contribution is 2.27. The largest absolute Gasteiger partial charge is 0.493 e. The van der Waals surface area contributed by atoms with Crippen molar-refractivity contribution in [2.45, 2.75) is 13.3 Å². The van der Waals surface area contributed by atoms with E-state index in [9.17, 15) is 4.79 Å². The van der Waals surface area contributed by atoms with Crippen LogP contribution in [0.15, 0.2) is 60.8 Å². The van der Waals surface area contributed by atoms with Crippen molar-refractivity contribution in [1.82, 2.24) is 4.98 Å². The van der Waals surface area contributed by atoms with E-state index in [2.05, 4.69) is 15.6 Å². The number of carbonyl (C=O) groups is 1. The number of amides is 1. The molecule has 0 saturated carbocycles. The minimum atomic E-state index is -0.153. The summed E-state index contributed by atoms with van der Waals surface area (Å²) in [5.74, 6) is 1.57. The van der Waals surface area contributed by atoms with E-state index in [1.54, 1.807) is 38.6 Å². The number of hydrogen-bond donors (Lipinski definition) is 2. The van der Waals surface area contributed by atoms with Crippen molar-refractivity contribution in [3.63, 3.8) is 0 Å². The van der Waals surface area contributed by atoms with Crippen molar-refractivity contribution < 1.29 is 14.3 Å². The van der Waals surface area contributed by atoms with Crippen molar-refractivity contribution in [2.75, 3.05) is 24.9 Å². The molecule has 2 N–H and O–H groups in total. The molecule has 1 amide bonds. The third-order valence-corrected chi connectivity index (χ3v) is 4.27. The Bertz CT molecular complexity index is 955. The van der Waals surface area contributed by atoms with Crippen LogP contribution < -0.4 is 20.1 Å². The predicted octanol–water partition coefficient (Wildman–Crippen LogP) is 4.33. The van der Waals surface area contributed by atoms with Gasteiger partial charge in [0.2, 0.25) is 5.91 Å². The number of rotatable bonds is 7. The summed E-state index contributed by atoms with van der Waals surface area (Å²) >= 11 is 0. The standard InChI is InChI=1S/C22H23N3O3/c1-15-6-4-5-7-18(15)24-17-9-11-21(23-14-17)25-22(26)13-16-8-10-19(27-2)20(12-16)28-3/h4-12,14,24H,13H2,1-3H3,(H,23,25,26). The number of nitrogens with one attached hydrogen (secondary N) is 2. The van der Waals surface area contributed by atoms with Crippen LogP contribution in [0.1, 0.15) is 11.1 Å². The van der Waals surface area contributed by atoms with Crippen LogP contribution in [0.2, 0.25) is 0 Å². The first kappa shape index (κ1) is 19.2. The minimum Gasteiger partial charge on any atom is -0.493 e. The van der Waals surface area contributed by atoms with Crippen molar-refractivity contribution >= 4 is 23.1 Å². The van der Waals surface area contributed by atoms with Crippen LogP contribution >= 0.6 is 0 Å². The smallest absolute Gasteiger partial charge is 0.229 e. The molecule has 6 nitrogen and oxygen atoms in total. The van der Waals surface area contributed by atoms with Gasteiger partial charge in [0, 0.05) is 5.69 Å². The molecule has 1 heterocycles. The predicted molar refractivity (Wildman–Crippen MR) is 111 cm³/mol. The molecule has 6 heteroatoms. The lowest BCUT2D eigenvalue weighted by Gasteiger charge is -2.11. The summed E-state index contributed by atoms with van der Waals surface area (Å²) in [6, 6.07) is 17.1. The van der Waals surface area contributed by atoms with E-state index in [0.29, 0.717) is 17.3 Å². The summed E-state index contributed by atoms with van der Waals surface area (Å²) in [7, 11) is 3.14. The molecule has 0 atom stereocenters. The van der Waals surface area contributed by atoms with Crippen molar-refractivity contribution in [3.8, 4) is 11.5 Å². The molecule has 0 fully saturated rings. The van der Waals surface area contributed by atoms with Crippen LogP contribution in [0.5, 0.6) is 11.5 Å². The highest BCUT2D eigenvalue weighted by atomic mass is 16.5. The molecule has 0 saturated heterocycles. The van der Waals surface area contributed by atoms with Crippen LogP contribution in [-0.2, 0) is 11.2 Å². The maximum absolute atomic E-state index is 12.3. The summed E-state index contributed by atoms with van der Waals surface area (Å²) in [4.78, 5) is 16.6. The second-order valence-corrected chi connectivity index (χ2v) is 6.29. The Morgan fingerprint density at radius 2 is 1.79 bits per heavy atom. The summed E-state index contributed by atoms with van der Waals surface area (Å²) in [6.45, 7) is 2.04. The molecule has 0 unspecified atom stereocenters. The molecule has 0 aliphatic rings. The topological polar surface area (TPSA) is 72.5 Å². The lowest BCUT2D eigenvalue weighted by atomic mass is 10.1.